The largest absolute Gasteiger partial charge is 0.463 e. The number of ether oxygens (including phenoxy) is 1. The third kappa shape index (κ3) is 2.86. The highest BCUT2D eigenvalue weighted by atomic mass is 16.5. The van der Waals surface area contributed by atoms with E-state index in [-0.39, 0.29) is 12.4 Å². The van der Waals surface area contributed by atoms with E-state index in [0.29, 0.717) is 22.4 Å². The number of benzene rings is 2. The average Bonchev–Trinajstić information content (AvgIpc) is 3.03. The van der Waals surface area contributed by atoms with Gasteiger partial charge in [-0.15, -0.1) is 5.73 Å². The molecule has 0 saturated carbocycles. The fourth-order valence-electron chi connectivity index (χ4n) is 4.17. The van der Waals surface area contributed by atoms with Gasteiger partial charge in [0.2, 0.25) is 0 Å². The van der Waals surface area contributed by atoms with Crippen molar-refractivity contribution < 1.29 is 14.3 Å². The fourth-order valence-corrected chi connectivity index (χ4v) is 4.17. The van der Waals surface area contributed by atoms with Crippen molar-refractivity contribution in [2.24, 2.45) is 0 Å². The van der Waals surface area contributed by atoms with Crippen LogP contribution in [0.1, 0.15) is 41.3 Å². The number of carbonyl (C=O) groups excluding carboxylic acids is 2. The number of allylic oxidation sites excluding steroid dienone is 2. The van der Waals surface area contributed by atoms with Crippen LogP contribution >= 0.6 is 0 Å². The number of ketones is 1. The summed E-state index contributed by atoms with van der Waals surface area (Å²) in [6, 6.07) is 17.2. The standard InChI is InChI=1S/C25H21NO3/c1-4-15-26-16(3)20(25(28)29-5-2)21(17-11-7-6-8-12-17)22-23(26)18-13-9-10-14-19(18)24(22)27/h6-15,21H,1,5H2,2-3H3. The first-order valence-corrected chi connectivity index (χ1v) is 9.56. The van der Waals surface area contributed by atoms with E-state index in [0.717, 1.165) is 16.8 Å². The number of hydrogen-bond donors (Lipinski definition) is 0. The fraction of sp³-hybridized carbons (Fsp3) is 0.160. The third-order valence-corrected chi connectivity index (χ3v) is 5.34. The predicted octanol–water partition coefficient (Wildman–Crippen LogP) is 4.83. The van der Waals surface area contributed by atoms with Crippen molar-refractivity contribution in [3.05, 3.63) is 107 Å². The Balaban J connectivity index is 2.04. The molecule has 0 spiro atoms. The van der Waals surface area contributed by atoms with Crippen molar-refractivity contribution in [3.8, 4) is 0 Å². The second-order valence-corrected chi connectivity index (χ2v) is 6.90. The van der Waals surface area contributed by atoms with E-state index in [4.69, 9.17) is 4.74 Å². The van der Waals surface area contributed by atoms with Crippen LogP contribution in [0.3, 0.4) is 0 Å². The molecule has 2 aromatic rings. The quantitative estimate of drug-likeness (QED) is 0.560. The number of carbonyl (C=O) groups is 2. The maximum absolute atomic E-state index is 13.5. The molecule has 4 nitrogen and oxygen atoms in total. The summed E-state index contributed by atoms with van der Waals surface area (Å²) in [4.78, 5) is 28.3. The molecule has 0 aromatic heterocycles. The minimum Gasteiger partial charge on any atom is -0.463 e. The highest BCUT2D eigenvalue weighted by Crippen LogP contribution is 2.50. The van der Waals surface area contributed by atoms with Gasteiger partial charge in [0.25, 0.3) is 0 Å². The minimum atomic E-state index is -0.500. The molecule has 0 bridgehead atoms. The minimum absolute atomic E-state index is 0.0683. The maximum atomic E-state index is 13.5. The second-order valence-electron chi connectivity index (χ2n) is 6.90. The molecule has 1 heterocycles. The lowest BCUT2D eigenvalue weighted by Crippen LogP contribution is -2.30. The summed E-state index contributed by atoms with van der Waals surface area (Å²) in [5.74, 6) is -0.988. The van der Waals surface area contributed by atoms with Gasteiger partial charge in [-0.25, -0.2) is 4.79 Å². The molecule has 0 fully saturated rings. The lowest BCUT2D eigenvalue weighted by Gasteiger charge is -2.35. The smallest absolute Gasteiger partial charge is 0.336 e. The van der Waals surface area contributed by atoms with Gasteiger partial charge in [-0.2, -0.15) is 0 Å². The van der Waals surface area contributed by atoms with E-state index in [1.807, 2.05) is 66.4 Å². The Morgan fingerprint density at radius 2 is 1.79 bits per heavy atom. The predicted molar refractivity (Wildman–Crippen MR) is 112 cm³/mol. The molecular weight excluding hydrogens is 362 g/mol. The van der Waals surface area contributed by atoms with Crippen molar-refractivity contribution in [2.75, 3.05) is 6.61 Å². The summed E-state index contributed by atoms with van der Waals surface area (Å²) in [7, 11) is 0. The molecule has 1 atom stereocenters. The van der Waals surface area contributed by atoms with Gasteiger partial charge in [0.1, 0.15) is 0 Å². The third-order valence-electron chi connectivity index (χ3n) is 5.34. The van der Waals surface area contributed by atoms with Gasteiger partial charge in [-0.1, -0.05) is 61.2 Å². The number of hydrogen-bond acceptors (Lipinski definition) is 4. The zero-order chi connectivity index (χ0) is 20.5. The van der Waals surface area contributed by atoms with Crippen LogP contribution in [0.25, 0.3) is 5.70 Å². The molecule has 1 aliphatic heterocycles. The first-order valence-electron chi connectivity index (χ1n) is 9.56. The number of Topliss-reactive ketones (excluding diaryl/α,β-unsaturated/α-hetero) is 1. The van der Waals surface area contributed by atoms with Crippen molar-refractivity contribution in [1.82, 2.24) is 4.90 Å². The molecule has 1 aliphatic carbocycles. The van der Waals surface area contributed by atoms with E-state index >= 15 is 0 Å². The SMILES string of the molecule is C=C=CN1C(C)=C(C(=O)OCC)C(c2ccccc2)C2=C1c1ccccc1C2=O. The van der Waals surface area contributed by atoms with Crippen LogP contribution in [-0.4, -0.2) is 23.3 Å². The Labute approximate surface area is 170 Å². The number of fused-ring (bicyclic) bond motifs is 2. The monoisotopic (exact) mass is 383 g/mol. The van der Waals surface area contributed by atoms with Crippen molar-refractivity contribution in [1.29, 1.82) is 0 Å². The van der Waals surface area contributed by atoms with Gasteiger partial charge in [-0.3, -0.25) is 4.79 Å². The molecule has 2 aromatic carbocycles. The Morgan fingerprint density at radius 1 is 1.14 bits per heavy atom. The van der Waals surface area contributed by atoms with E-state index in [1.165, 1.54) is 0 Å². The van der Waals surface area contributed by atoms with Crippen molar-refractivity contribution >= 4 is 17.4 Å². The lowest BCUT2D eigenvalue weighted by molar-refractivity contribution is -0.138. The van der Waals surface area contributed by atoms with E-state index < -0.39 is 11.9 Å². The number of rotatable bonds is 4. The van der Waals surface area contributed by atoms with E-state index in [9.17, 15) is 9.59 Å². The summed E-state index contributed by atoms with van der Waals surface area (Å²) in [5.41, 5.74) is 7.69. The zero-order valence-corrected chi connectivity index (χ0v) is 16.4. The summed E-state index contributed by atoms with van der Waals surface area (Å²) in [6.07, 6.45) is 1.67. The Morgan fingerprint density at radius 3 is 2.45 bits per heavy atom. The molecule has 4 rings (SSSR count). The van der Waals surface area contributed by atoms with Crippen LogP contribution in [0.15, 0.2) is 90.0 Å². The van der Waals surface area contributed by atoms with Gasteiger partial charge in [0.05, 0.1) is 24.1 Å². The first kappa shape index (κ1) is 18.7. The van der Waals surface area contributed by atoms with Crippen LogP contribution in [0.5, 0.6) is 0 Å². The van der Waals surface area contributed by atoms with Crippen LogP contribution in [0.4, 0.5) is 0 Å². The van der Waals surface area contributed by atoms with Gasteiger partial charge < -0.3 is 9.64 Å². The molecule has 29 heavy (non-hydrogen) atoms. The zero-order valence-electron chi connectivity index (χ0n) is 16.4. The normalized spacial score (nSPS) is 17.7. The second kappa shape index (κ2) is 7.42. The Bertz CT molecular complexity index is 1120. The van der Waals surface area contributed by atoms with Gasteiger partial charge in [-0.05, 0) is 19.4 Å². The maximum Gasteiger partial charge on any atom is 0.336 e. The van der Waals surface area contributed by atoms with E-state index in [2.05, 4.69) is 12.3 Å². The Hall–Kier alpha value is -3.62. The molecule has 4 heteroatoms. The van der Waals surface area contributed by atoms with E-state index in [1.54, 1.807) is 13.1 Å². The summed E-state index contributed by atoms with van der Waals surface area (Å²) < 4.78 is 5.38. The molecule has 0 amide bonds. The highest BCUT2D eigenvalue weighted by molar-refractivity contribution is 6.23. The molecule has 0 N–H and O–H groups in total. The van der Waals surface area contributed by atoms with Crippen molar-refractivity contribution in [3.63, 3.8) is 0 Å². The average molecular weight is 383 g/mol. The molecule has 0 saturated heterocycles. The van der Waals surface area contributed by atoms with Crippen molar-refractivity contribution in [2.45, 2.75) is 19.8 Å². The number of esters is 1. The molecule has 1 unspecified atom stereocenters. The van der Waals surface area contributed by atoms with Crippen LogP contribution in [-0.2, 0) is 9.53 Å². The first-order chi connectivity index (χ1) is 14.1. The summed E-state index contributed by atoms with van der Waals surface area (Å²) in [6.45, 7) is 7.59. The van der Waals surface area contributed by atoms with Crippen LogP contribution in [0.2, 0.25) is 0 Å². The van der Waals surface area contributed by atoms with Crippen LogP contribution < -0.4 is 0 Å². The van der Waals surface area contributed by atoms with Gasteiger partial charge in [0.15, 0.2) is 5.78 Å². The molecule has 2 aliphatic rings. The molecule has 144 valence electrons. The summed E-state index contributed by atoms with van der Waals surface area (Å²) >= 11 is 0. The van der Waals surface area contributed by atoms with Crippen LogP contribution in [0, 0.1) is 0 Å². The molecular formula is C25H21NO3. The van der Waals surface area contributed by atoms with Gasteiger partial charge >= 0.3 is 5.97 Å². The highest BCUT2D eigenvalue weighted by Gasteiger charge is 2.45. The lowest BCUT2D eigenvalue weighted by atomic mass is 9.79. The van der Waals surface area contributed by atoms with Gasteiger partial charge in [0, 0.05) is 28.3 Å². The molecule has 0 radical (unpaired) electrons. The summed E-state index contributed by atoms with van der Waals surface area (Å²) in [5, 5.41) is 0. The Kier molecular flexibility index (Phi) is 4.79. The topological polar surface area (TPSA) is 46.6 Å². The number of nitrogens with zero attached hydrogens (tertiary/aromatic N) is 1.